The Labute approximate surface area is 150 Å². The van der Waals surface area contributed by atoms with Crippen LogP contribution in [0, 0.1) is 0 Å². The van der Waals surface area contributed by atoms with E-state index in [-0.39, 0.29) is 11.6 Å². The van der Waals surface area contributed by atoms with Crippen molar-refractivity contribution in [3.8, 4) is 0 Å². The minimum absolute atomic E-state index is 0.0827. The highest BCUT2D eigenvalue weighted by atomic mass is 35.5. The number of primary amides is 1. The Bertz CT molecular complexity index is 816. The second kappa shape index (κ2) is 7.04. The number of amides is 1. The summed E-state index contributed by atoms with van der Waals surface area (Å²) in [7, 11) is 0. The molecule has 120 valence electrons. The van der Waals surface area contributed by atoms with Crippen LogP contribution in [0.5, 0.6) is 0 Å². The van der Waals surface area contributed by atoms with Gasteiger partial charge in [0, 0.05) is 22.2 Å². The number of halogens is 2. The van der Waals surface area contributed by atoms with Crippen molar-refractivity contribution < 1.29 is 4.79 Å². The standard InChI is InChI=1S/C19H14Cl2N2O/c20-15-5-1-12(2-6-15)18(13-3-7-16(21)8-4-13)14-9-10-23-17(11-14)19(22)24/h1-11,18H,(H2,22,24). The fraction of sp³-hybridized carbons (Fsp3) is 0.0526. The van der Waals surface area contributed by atoms with Crippen molar-refractivity contribution in [2.75, 3.05) is 0 Å². The first kappa shape index (κ1) is 16.5. The van der Waals surface area contributed by atoms with Crippen LogP contribution in [0.4, 0.5) is 0 Å². The third-order valence-corrected chi connectivity index (χ3v) is 4.28. The van der Waals surface area contributed by atoms with Crippen molar-refractivity contribution in [2.24, 2.45) is 5.73 Å². The Morgan fingerprint density at radius 2 is 1.33 bits per heavy atom. The van der Waals surface area contributed by atoms with Gasteiger partial charge in [-0.2, -0.15) is 0 Å². The van der Waals surface area contributed by atoms with E-state index in [1.807, 2.05) is 54.6 Å². The molecule has 3 nitrogen and oxygen atoms in total. The summed E-state index contributed by atoms with van der Waals surface area (Å²) in [4.78, 5) is 15.5. The fourth-order valence-electron chi connectivity index (χ4n) is 2.65. The highest BCUT2D eigenvalue weighted by Crippen LogP contribution is 2.33. The third-order valence-electron chi connectivity index (χ3n) is 3.78. The summed E-state index contributed by atoms with van der Waals surface area (Å²) in [6.45, 7) is 0. The molecule has 1 aromatic heterocycles. The van der Waals surface area contributed by atoms with Gasteiger partial charge < -0.3 is 5.73 Å². The SMILES string of the molecule is NC(=O)c1cc(C(c2ccc(Cl)cc2)c2ccc(Cl)cc2)ccn1. The molecule has 0 spiro atoms. The highest BCUT2D eigenvalue weighted by molar-refractivity contribution is 6.30. The molecule has 5 heteroatoms. The monoisotopic (exact) mass is 356 g/mol. The van der Waals surface area contributed by atoms with Crippen molar-refractivity contribution >= 4 is 29.1 Å². The Hall–Kier alpha value is -2.36. The third kappa shape index (κ3) is 3.58. The van der Waals surface area contributed by atoms with Gasteiger partial charge in [-0.25, -0.2) is 0 Å². The molecule has 2 aromatic carbocycles. The maximum Gasteiger partial charge on any atom is 0.267 e. The van der Waals surface area contributed by atoms with Gasteiger partial charge in [0.1, 0.15) is 5.69 Å². The summed E-state index contributed by atoms with van der Waals surface area (Å²) in [6.07, 6.45) is 1.59. The fourth-order valence-corrected chi connectivity index (χ4v) is 2.90. The van der Waals surface area contributed by atoms with Crippen LogP contribution in [0.1, 0.15) is 33.1 Å². The van der Waals surface area contributed by atoms with Crippen molar-refractivity contribution in [1.29, 1.82) is 0 Å². The van der Waals surface area contributed by atoms with Gasteiger partial charge in [0.2, 0.25) is 0 Å². The van der Waals surface area contributed by atoms with Gasteiger partial charge in [0.25, 0.3) is 5.91 Å². The van der Waals surface area contributed by atoms with Gasteiger partial charge in [0.15, 0.2) is 0 Å². The molecule has 24 heavy (non-hydrogen) atoms. The normalized spacial score (nSPS) is 10.8. The molecular formula is C19H14Cl2N2O. The summed E-state index contributed by atoms with van der Waals surface area (Å²) in [5.41, 5.74) is 8.61. The van der Waals surface area contributed by atoms with E-state index in [0.717, 1.165) is 16.7 Å². The van der Waals surface area contributed by atoms with E-state index in [9.17, 15) is 4.79 Å². The molecule has 0 saturated heterocycles. The second-order valence-electron chi connectivity index (χ2n) is 5.37. The molecule has 3 aromatic rings. The molecular weight excluding hydrogens is 343 g/mol. The summed E-state index contributed by atoms with van der Waals surface area (Å²) >= 11 is 12.0. The molecule has 1 heterocycles. The van der Waals surface area contributed by atoms with Crippen molar-refractivity contribution in [3.63, 3.8) is 0 Å². The molecule has 0 saturated carbocycles. The summed E-state index contributed by atoms with van der Waals surface area (Å²) in [5, 5.41) is 1.34. The van der Waals surface area contributed by atoms with E-state index in [1.165, 1.54) is 0 Å². The zero-order valence-corrected chi connectivity index (χ0v) is 14.1. The van der Waals surface area contributed by atoms with Crippen LogP contribution in [0.3, 0.4) is 0 Å². The lowest BCUT2D eigenvalue weighted by Gasteiger charge is -2.19. The van der Waals surface area contributed by atoms with Crippen LogP contribution in [0.25, 0.3) is 0 Å². The van der Waals surface area contributed by atoms with E-state index in [1.54, 1.807) is 12.3 Å². The van der Waals surface area contributed by atoms with Gasteiger partial charge in [0.05, 0.1) is 0 Å². The number of nitrogens with zero attached hydrogens (tertiary/aromatic N) is 1. The first-order valence-electron chi connectivity index (χ1n) is 7.31. The Morgan fingerprint density at radius 1 is 0.833 bits per heavy atom. The van der Waals surface area contributed by atoms with E-state index < -0.39 is 5.91 Å². The predicted molar refractivity (Wildman–Crippen MR) is 96.6 cm³/mol. The predicted octanol–water partition coefficient (Wildman–Crippen LogP) is 4.67. The van der Waals surface area contributed by atoms with Crippen LogP contribution in [-0.4, -0.2) is 10.9 Å². The van der Waals surface area contributed by atoms with Crippen LogP contribution in [0.2, 0.25) is 10.0 Å². The molecule has 0 atom stereocenters. The zero-order valence-electron chi connectivity index (χ0n) is 12.6. The smallest absolute Gasteiger partial charge is 0.267 e. The molecule has 0 radical (unpaired) electrons. The average molecular weight is 357 g/mol. The number of pyridine rings is 1. The van der Waals surface area contributed by atoms with Crippen molar-refractivity contribution in [2.45, 2.75) is 5.92 Å². The van der Waals surface area contributed by atoms with Crippen LogP contribution in [-0.2, 0) is 0 Å². The highest BCUT2D eigenvalue weighted by Gasteiger charge is 2.18. The summed E-state index contributed by atoms with van der Waals surface area (Å²) in [6, 6.07) is 18.8. The molecule has 0 aliphatic carbocycles. The molecule has 1 amide bonds. The summed E-state index contributed by atoms with van der Waals surface area (Å²) in [5.74, 6) is -0.636. The number of aromatic nitrogens is 1. The van der Waals surface area contributed by atoms with E-state index in [0.29, 0.717) is 10.0 Å². The molecule has 2 N–H and O–H groups in total. The lowest BCUT2D eigenvalue weighted by molar-refractivity contribution is 0.0995. The topological polar surface area (TPSA) is 56.0 Å². The maximum atomic E-state index is 11.5. The quantitative estimate of drug-likeness (QED) is 0.738. The summed E-state index contributed by atoms with van der Waals surface area (Å²) < 4.78 is 0. The molecule has 0 aliphatic heterocycles. The average Bonchev–Trinajstić information content (AvgIpc) is 2.59. The first-order chi connectivity index (χ1) is 11.5. The number of hydrogen-bond donors (Lipinski definition) is 1. The van der Waals surface area contributed by atoms with Gasteiger partial charge >= 0.3 is 0 Å². The van der Waals surface area contributed by atoms with Crippen LogP contribution in [0.15, 0.2) is 66.9 Å². The molecule has 0 aliphatic rings. The molecule has 0 fully saturated rings. The lowest BCUT2D eigenvalue weighted by Crippen LogP contribution is -2.14. The minimum Gasteiger partial charge on any atom is -0.364 e. The van der Waals surface area contributed by atoms with Gasteiger partial charge in [-0.15, -0.1) is 0 Å². The van der Waals surface area contributed by atoms with Gasteiger partial charge in [-0.3, -0.25) is 9.78 Å². The van der Waals surface area contributed by atoms with E-state index in [4.69, 9.17) is 28.9 Å². The number of benzene rings is 2. The molecule has 0 unspecified atom stereocenters. The van der Waals surface area contributed by atoms with Crippen molar-refractivity contribution in [3.05, 3.63) is 99.3 Å². The lowest BCUT2D eigenvalue weighted by atomic mass is 9.85. The number of rotatable bonds is 4. The largest absolute Gasteiger partial charge is 0.364 e. The van der Waals surface area contributed by atoms with Crippen molar-refractivity contribution in [1.82, 2.24) is 4.98 Å². The second-order valence-corrected chi connectivity index (χ2v) is 6.25. The van der Waals surface area contributed by atoms with Crippen LogP contribution >= 0.6 is 23.2 Å². The van der Waals surface area contributed by atoms with Gasteiger partial charge in [-0.05, 0) is 53.1 Å². The number of carbonyl (C=O) groups is 1. The molecule has 3 rings (SSSR count). The number of hydrogen-bond acceptors (Lipinski definition) is 2. The number of carbonyl (C=O) groups excluding carboxylic acids is 1. The minimum atomic E-state index is -0.553. The Balaban J connectivity index is 2.14. The molecule has 0 bridgehead atoms. The Morgan fingerprint density at radius 3 is 1.79 bits per heavy atom. The Kier molecular flexibility index (Phi) is 4.84. The van der Waals surface area contributed by atoms with Gasteiger partial charge in [-0.1, -0.05) is 47.5 Å². The zero-order chi connectivity index (χ0) is 17.1. The maximum absolute atomic E-state index is 11.5. The van der Waals surface area contributed by atoms with E-state index >= 15 is 0 Å². The van der Waals surface area contributed by atoms with E-state index in [2.05, 4.69) is 4.98 Å². The first-order valence-corrected chi connectivity index (χ1v) is 8.07. The number of nitrogens with two attached hydrogens (primary N) is 1. The van der Waals surface area contributed by atoms with Crippen LogP contribution < -0.4 is 5.73 Å².